The normalized spacial score (nSPS) is 11.4. The Hall–Kier alpha value is -0.260. The summed E-state index contributed by atoms with van der Waals surface area (Å²) in [5, 5.41) is 1.24. The molecule has 0 aliphatic rings. The lowest BCUT2D eigenvalue weighted by molar-refractivity contribution is 0.338. The maximum Gasteiger partial charge on any atom is 0.150 e. The molecule has 0 N–H and O–H groups in total. The molecule has 0 saturated heterocycles. The smallest absolute Gasteiger partial charge is 0.150 e. The van der Waals surface area contributed by atoms with Crippen LogP contribution < -0.4 is 4.74 Å². The number of ether oxygens (including phenoxy) is 1. The maximum absolute atomic E-state index is 10.9. The topological polar surface area (TPSA) is 43.4 Å². The van der Waals surface area contributed by atoms with E-state index in [-0.39, 0.29) is 12.4 Å². The number of sulfone groups is 1. The average molecular weight is 328 g/mol. The molecule has 1 aromatic rings. The minimum Gasteiger partial charge on any atom is -0.492 e. The van der Waals surface area contributed by atoms with Crippen molar-refractivity contribution in [2.75, 3.05) is 18.6 Å². The molecule has 0 unspecified atom stereocenters. The van der Waals surface area contributed by atoms with Gasteiger partial charge in [-0.05, 0) is 18.2 Å². The highest BCUT2D eigenvalue weighted by atomic mass is 79.9. The summed E-state index contributed by atoms with van der Waals surface area (Å²) < 4.78 is 27.2. The summed E-state index contributed by atoms with van der Waals surface area (Å²) in [6.45, 7) is 0.153. The van der Waals surface area contributed by atoms with E-state index in [4.69, 9.17) is 16.3 Å². The van der Waals surface area contributed by atoms with Gasteiger partial charge in [0.15, 0.2) is 9.84 Å². The Kier molecular flexibility index (Phi) is 5.08. The van der Waals surface area contributed by atoms with Gasteiger partial charge in [0, 0.05) is 22.2 Å². The Labute approximate surface area is 109 Å². The van der Waals surface area contributed by atoms with Gasteiger partial charge in [-0.15, -0.1) is 0 Å². The van der Waals surface area contributed by atoms with Crippen LogP contribution in [0.3, 0.4) is 0 Å². The van der Waals surface area contributed by atoms with E-state index in [1.54, 1.807) is 18.2 Å². The van der Waals surface area contributed by atoms with Gasteiger partial charge in [0.05, 0.1) is 5.75 Å². The van der Waals surface area contributed by atoms with E-state index in [2.05, 4.69) is 15.9 Å². The van der Waals surface area contributed by atoms with E-state index in [0.717, 1.165) is 5.56 Å². The van der Waals surface area contributed by atoms with Gasteiger partial charge < -0.3 is 4.74 Å². The molecule has 16 heavy (non-hydrogen) atoms. The summed E-state index contributed by atoms with van der Waals surface area (Å²) >= 11 is 9.15. The molecule has 0 amide bonds. The van der Waals surface area contributed by atoms with Gasteiger partial charge in [-0.2, -0.15) is 0 Å². The second-order valence-corrected chi connectivity index (χ2v) is 6.62. The van der Waals surface area contributed by atoms with Crippen molar-refractivity contribution < 1.29 is 13.2 Å². The van der Waals surface area contributed by atoms with Crippen LogP contribution in [0.2, 0.25) is 5.02 Å². The molecule has 0 fully saturated rings. The highest BCUT2D eigenvalue weighted by Crippen LogP contribution is 2.24. The maximum atomic E-state index is 10.9. The number of benzene rings is 1. The first-order valence-corrected chi connectivity index (χ1v) is 8.13. The fourth-order valence-electron chi connectivity index (χ4n) is 1.10. The van der Waals surface area contributed by atoms with Crippen LogP contribution in [0.25, 0.3) is 0 Å². The Morgan fingerprint density at radius 3 is 2.69 bits per heavy atom. The predicted octanol–water partition coefficient (Wildman–Crippen LogP) is 2.66. The molecule has 0 aliphatic carbocycles. The third-order valence-electron chi connectivity index (χ3n) is 1.88. The molecule has 0 saturated carbocycles. The van der Waals surface area contributed by atoms with Crippen LogP contribution in [0.5, 0.6) is 5.75 Å². The molecule has 0 heterocycles. The lowest BCUT2D eigenvalue weighted by atomic mass is 10.2. The molecule has 90 valence electrons. The molecule has 0 bridgehead atoms. The van der Waals surface area contributed by atoms with Crippen LogP contribution in [0.15, 0.2) is 18.2 Å². The highest BCUT2D eigenvalue weighted by Gasteiger charge is 2.06. The average Bonchev–Trinajstić information content (AvgIpc) is 2.18. The SMILES string of the molecule is CS(=O)(=O)CCOc1ccc(Cl)cc1CBr. The van der Waals surface area contributed by atoms with Crippen molar-refractivity contribution in [3.05, 3.63) is 28.8 Å². The van der Waals surface area contributed by atoms with E-state index >= 15 is 0 Å². The van der Waals surface area contributed by atoms with Crippen molar-refractivity contribution in [2.45, 2.75) is 5.33 Å². The lowest BCUT2D eigenvalue weighted by Gasteiger charge is -2.09. The van der Waals surface area contributed by atoms with Crippen LogP contribution in [0.1, 0.15) is 5.56 Å². The molecule has 0 aromatic heterocycles. The minimum absolute atomic E-state index is 0.0113. The second kappa shape index (κ2) is 5.89. The van der Waals surface area contributed by atoms with E-state index in [1.807, 2.05) is 0 Å². The van der Waals surface area contributed by atoms with Crippen molar-refractivity contribution in [3.63, 3.8) is 0 Å². The van der Waals surface area contributed by atoms with Crippen molar-refractivity contribution in [1.29, 1.82) is 0 Å². The number of hydrogen-bond acceptors (Lipinski definition) is 3. The monoisotopic (exact) mass is 326 g/mol. The molecular weight excluding hydrogens is 316 g/mol. The van der Waals surface area contributed by atoms with Crippen LogP contribution in [-0.4, -0.2) is 27.0 Å². The van der Waals surface area contributed by atoms with E-state index < -0.39 is 9.84 Å². The van der Waals surface area contributed by atoms with Gasteiger partial charge in [-0.3, -0.25) is 0 Å². The molecule has 0 spiro atoms. The predicted molar refractivity (Wildman–Crippen MR) is 69.3 cm³/mol. The second-order valence-electron chi connectivity index (χ2n) is 3.36. The van der Waals surface area contributed by atoms with E-state index in [1.165, 1.54) is 6.26 Å². The molecule has 0 atom stereocenters. The van der Waals surface area contributed by atoms with Gasteiger partial charge in [0.25, 0.3) is 0 Å². The van der Waals surface area contributed by atoms with Gasteiger partial charge in [-0.25, -0.2) is 8.42 Å². The molecule has 6 heteroatoms. The molecule has 0 aliphatic heterocycles. The Morgan fingerprint density at radius 1 is 1.44 bits per heavy atom. The first-order chi connectivity index (χ1) is 7.42. The van der Waals surface area contributed by atoms with E-state index in [9.17, 15) is 8.42 Å². The van der Waals surface area contributed by atoms with Gasteiger partial charge in [0.1, 0.15) is 12.4 Å². The molecular formula is C10H12BrClO3S. The van der Waals surface area contributed by atoms with Crippen LogP contribution in [-0.2, 0) is 15.2 Å². The summed E-state index contributed by atoms with van der Waals surface area (Å²) in [6.07, 6.45) is 1.18. The first-order valence-electron chi connectivity index (χ1n) is 4.57. The van der Waals surface area contributed by atoms with Crippen molar-refractivity contribution >= 4 is 37.4 Å². The Bertz CT molecular complexity index is 459. The molecule has 1 rings (SSSR count). The number of hydrogen-bond donors (Lipinski definition) is 0. The molecule has 1 aromatic carbocycles. The minimum atomic E-state index is -2.98. The van der Waals surface area contributed by atoms with Gasteiger partial charge >= 0.3 is 0 Å². The summed E-state index contributed by atoms with van der Waals surface area (Å²) in [5.41, 5.74) is 0.904. The summed E-state index contributed by atoms with van der Waals surface area (Å²) in [7, 11) is -2.98. The number of rotatable bonds is 5. The highest BCUT2D eigenvalue weighted by molar-refractivity contribution is 9.08. The lowest BCUT2D eigenvalue weighted by Crippen LogP contribution is -2.12. The van der Waals surface area contributed by atoms with Crippen LogP contribution in [0.4, 0.5) is 0 Å². The van der Waals surface area contributed by atoms with Crippen LogP contribution in [0, 0.1) is 0 Å². The molecule has 3 nitrogen and oxygen atoms in total. The van der Waals surface area contributed by atoms with Crippen molar-refractivity contribution in [2.24, 2.45) is 0 Å². The largest absolute Gasteiger partial charge is 0.492 e. The fraction of sp³-hybridized carbons (Fsp3) is 0.400. The summed E-state index contributed by atoms with van der Waals surface area (Å²) in [4.78, 5) is 0. The number of alkyl halides is 1. The number of halogens is 2. The summed E-state index contributed by atoms with van der Waals surface area (Å²) in [5.74, 6) is 0.669. The van der Waals surface area contributed by atoms with Gasteiger partial charge in [0.2, 0.25) is 0 Å². The summed E-state index contributed by atoms with van der Waals surface area (Å²) in [6, 6.07) is 5.23. The zero-order chi connectivity index (χ0) is 12.2. The molecule has 0 radical (unpaired) electrons. The third-order valence-corrected chi connectivity index (χ3v) is 3.63. The van der Waals surface area contributed by atoms with Gasteiger partial charge in [-0.1, -0.05) is 27.5 Å². The standard InChI is InChI=1S/C10H12BrClO3S/c1-16(13,14)5-4-15-10-3-2-9(12)6-8(10)7-11/h2-3,6H,4-5,7H2,1H3. The third kappa shape index (κ3) is 4.72. The zero-order valence-electron chi connectivity index (χ0n) is 8.74. The van der Waals surface area contributed by atoms with Crippen LogP contribution >= 0.6 is 27.5 Å². The zero-order valence-corrected chi connectivity index (χ0v) is 11.9. The van der Waals surface area contributed by atoms with Crippen molar-refractivity contribution in [1.82, 2.24) is 0 Å². The fourth-order valence-corrected chi connectivity index (χ4v) is 2.12. The van der Waals surface area contributed by atoms with E-state index in [0.29, 0.717) is 16.1 Å². The quantitative estimate of drug-likeness (QED) is 0.781. The Morgan fingerprint density at radius 2 is 2.12 bits per heavy atom. The first kappa shape index (κ1) is 13.8. The Balaban J connectivity index is 2.67. The van der Waals surface area contributed by atoms with Crippen molar-refractivity contribution in [3.8, 4) is 5.75 Å².